The summed E-state index contributed by atoms with van der Waals surface area (Å²) < 4.78 is 17.3. The molecule has 4 rings (SSSR count). The molecule has 2 aliphatic rings. The van der Waals surface area contributed by atoms with E-state index in [1.807, 2.05) is 24.3 Å². The second-order valence-electron chi connectivity index (χ2n) is 8.89. The van der Waals surface area contributed by atoms with Crippen LogP contribution in [0.4, 0.5) is 5.69 Å². The molecule has 0 aliphatic carbocycles. The summed E-state index contributed by atoms with van der Waals surface area (Å²) in [7, 11) is 3.37. The van der Waals surface area contributed by atoms with Crippen molar-refractivity contribution in [1.82, 2.24) is 10.2 Å². The minimum atomic E-state index is -0.347. The topological polar surface area (TPSA) is 106 Å². The summed E-state index contributed by atoms with van der Waals surface area (Å²) in [6.07, 6.45) is 1.01. The van der Waals surface area contributed by atoms with Crippen molar-refractivity contribution >= 4 is 23.4 Å². The van der Waals surface area contributed by atoms with Crippen LogP contribution < -0.4 is 20.1 Å². The maximum Gasteiger partial charge on any atom is 0.257 e. The van der Waals surface area contributed by atoms with Gasteiger partial charge in [0.1, 0.15) is 24.2 Å². The number of benzene rings is 2. The van der Waals surface area contributed by atoms with E-state index >= 15 is 0 Å². The molecule has 1 fully saturated rings. The van der Waals surface area contributed by atoms with Crippen LogP contribution in [-0.2, 0) is 20.9 Å². The summed E-state index contributed by atoms with van der Waals surface area (Å²) in [4.78, 5) is 38.8. The molecule has 1 saturated heterocycles. The second-order valence-corrected chi connectivity index (χ2v) is 8.89. The third-order valence-electron chi connectivity index (χ3n) is 6.39. The van der Waals surface area contributed by atoms with Gasteiger partial charge in [-0.15, -0.1) is 0 Å². The summed E-state index contributed by atoms with van der Waals surface area (Å²) >= 11 is 0. The number of anilines is 1. The molecule has 9 heteroatoms. The first-order valence-electron chi connectivity index (χ1n) is 11.7. The second kappa shape index (κ2) is 10.8. The van der Waals surface area contributed by atoms with E-state index < -0.39 is 0 Å². The summed E-state index contributed by atoms with van der Waals surface area (Å²) in [5.41, 5.74) is 1.93. The largest absolute Gasteiger partial charge is 0.497 e. The van der Waals surface area contributed by atoms with Crippen LogP contribution in [0.2, 0.25) is 0 Å². The van der Waals surface area contributed by atoms with Crippen LogP contribution in [0.3, 0.4) is 0 Å². The fraction of sp³-hybridized carbons (Fsp3) is 0.423. The first-order valence-corrected chi connectivity index (χ1v) is 11.7. The Morgan fingerprint density at radius 3 is 2.63 bits per heavy atom. The van der Waals surface area contributed by atoms with Gasteiger partial charge < -0.3 is 29.7 Å². The van der Waals surface area contributed by atoms with Gasteiger partial charge in [0.15, 0.2) is 0 Å². The predicted octanol–water partition coefficient (Wildman–Crippen LogP) is 2.74. The Balaban J connectivity index is 1.36. The van der Waals surface area contributed by atoms with Gasteiger partial charge in [-0.2, -0.15) is 0 Å². The molecule has 0 radical (unpaired) electrons. The number of ether oxygens (including phenoxy) is 3. The van der Waals surface area contributed by atoms with E-state index in [4.69, 9.17) is 14.2 Å². The lowest BCUT2D eigenvalue weighted by atomic mass is 9.94. The number of carbonyl (C=O) groups excluding carboxylic acids is 3. The fourth-order valence-corrected chi connectivity index (χ4v) is 4.53. The molecule has 2 heterocycles. The molecule has 2 aromatic rings. The standard InChI is InChI=1S/C26H31N3O6/c1-16(30)28-18-6-11-23-21(12-18)26(32)29(2)22-10-9-20(35-24(22)15-34-23)13-25(31)27-14-17-4-7-19(33-3)8-5-17/h4-8,11-12,20,22,24H,9-10,13-15H2,1-3H3,(H,27,31)(H,28,30)/t20-,22+,24+/m1/s1. The van der Waals surface area contributed by atoms with Crippen molar-refractivity contribution in [1.29, 1.82) is 0 Å². The number of carbonyl (C=O) groups is 3. The summed E-state index contributed by atoms with van der Waals surface area (Å²) in [5.74, 6) is 0.720. The van der Waals surface area contributed by atoms with Gasteiger partial charge in [0.2, 0.25) is 11.8 Å². The van der Waals surface area contributed by atoms with Crippen LogP contribution in [0.25, 0.3) is 0 Å². The molecular formula is C26H31N3O6. The molecule has 9 nitrogen and oxygen atoms in total. The van der Waals surface area contributed by atoms with E-state index in [0.717, 1.165) is 11.3 Å². The van der Waals surface area contributed by atoms with Crippen LogP contribution in [-0.4, -0.2) is 61.6 Å². The summed E-state index contributed by atoms with van der Waals surface area (Å²) in [5, 5.41) is 5.64. The average molecular weight is 482 g/mol. The van der Waals surface area contributed by atoms with Gasteiger partial charge >= 0.3 is 0 Å². The SMILES string of the molecule is COc1ccc(CNC(=O)C[C@H]2CC[C@H]3[C@H](COc4ccc(NC(C)=O)cc4C(=O)N3C)O2)cc1. The maximum absolute atomic E-state index is 13.2. The predicted molar refractivity (Wildman–Crippen MR) is 129 cm³/mol. The van der Waals surface area contributed by atoms with Gasteiger partial charge in [-0.1, -0.05) is 12.1 Å². The summed E-state index contributed by atoms with van der Waals surface area (Å²) in [6.45, 7) is 2.11. The van der Waals surface area contributed by atoms with Crippen molar-refractivity contribution in [2.75, 3.05) is 26.1 Å². The lowest BCUT2D eigenvalue weighted by Gasteiger charge is -2.42. The highest BCUT2D eigenvalue weighted by Crippen LogP contribution is 2.32. The number of hydrogen-bond donors (Lipinski definition) is 2. The van der Waals surface area contributed by atoms with E-state index in [1.54, 1.807) is 37.3 Å². The zero-order valence-corrected chi connectivity index (χ0v) is 20.2. The van der Waals surface area contributed by atoms with Gasteiger partial charge in [-0.25, -0.2) is 0 Å². The van der Waals surface area contributed by atoms with Crippen molar-refractivity contribution in [3.63, 3.8) is 0 Å². The van der Waals surface area contributed by atoms with Gasteiger partial charge in [0.05, 0.1) is 31.2 Å². The quantitative estimate of drug-likeness (QED) is 0.657. The Morgan fingerprint density at radius 2 is 1.91 bits per heavy atom. The average Bonchev–Trinajstić information content (AvgIpc) is 2.85. The van der Waals surface area contributed by atoms with E-state index in [-0.39, 0.29) is 49.0 Å². The van der Waals surface area contributed by atoms with Crippen LogP contribution in [0.5, 0.6) is 11.5 Å². The van der Waals surface area contributed by atoms with Gasteiger partial charge in [-0.05, 0) is 48.7 Å². The lowest BCUT2D eigenvalue weighted by molar-refractivity contribution is -0.134. The molecule has 3 amide bonds. The first kappa shape index (κ1) is 24.5. The molecule has 0 unspecified atom stereocenters. The minimum Gasteiger partial charge on any atom is -0.497 e. The highest BCUT2D eigenvalue weighted by Gasteiger charge is 2.39. The normalized spacial score (nSPS) is 21.5. The Labute approximate surface area is 204 Å². The van der Waals surface area contributed by atoms with E-state index in [0.29, 0.717) is 36.4 Å². The van der Waals surface area contributed by atoms with Crippen LogP contribution in [0.15, 0.2) is 42.5 Å². The van der Waals surface area contributed by atoms with Crippen molar-refractivity contribution < 1.29 is 28.6 Å². The Hall–Kier alpha value is -3.59. The highest BCUT2D eigenvalue weighted by molar-refractivity contribution is 5.99. The smallest absolute Gasteiger partial charge is 0.257 e. The highest BCUT2D eigenvalue weighted by atomic mass is 16.5. The Kier molecular flexibility index (Phi) is 7.55. The minimum absolute atomic E-state index is 0.0868. The van der Waals surface area contributed by atoms with Crippen molar-refractivity contribution in [2.45, 2.75) is 51.0 Å². The van der Waals surface area contributed by atoms with Gasteiger partial charge in [0.25, 0.3) is 5.91 Å². The number of methoxy groups -OCH3 is 1. The van der Waals surface area contributed by atoms with E-state index in [1.165, 1.54) is 6.92 Å². The molecule has 2 aromatic carbocycles. The Bertz CT molecular complexity index is 1090. The molecule has 35 heavy (non-hydrogen) atoms. The molecule has 186 valence electrons. The fourth-order valence-electron chi connectivity index (χ4n) is 4.53. The van der Waals surface area contributed by atoms with E-state index in [2.05, 4.69) is 10.6 Å². The molecule has 0 bridgehead atoms. The molecule has 3 atom stereocenters. The molecule has 2 aliphatic heterocycles. The third-order valence-corrected chi connectivity index (χ3v) is 6.39. The van der Waals surface area contributed by atoms with Gasteiger partial charge in [-0.3, -0.25) is 14.4 Å². The first-order chi connectivity index (χ1) is 16.8. The van der Waals surface area contributed by atoms with Crippen LogP contribution in [0.1, 0.15) is 42.1 Å². The monoisotopic (exact) mass is 481 g/mol. The molecule has 0 spiro atoms. The lowest BCUT2D eigenvalue weighted by Crippen LogP contribution is -2.53. The maximum atomic E-state index is 13.2. The molecular weight excluding hydrogens is 450 g/mol. The molecule has 2 N–H and O–H groups in total. The number of nitrogens with one attached hydrogen (secondary N) is 2. The molecule has 0 saturated carbocycles. The third kappa shape index (κ3) is 5.92. The Morgan fingerprint density at radius 1 is 1.14 bits per heavy atom. The molecule has 0 aromatic heterocycles. The van der Waals surface area contributed by atoms with Crippen molar-refractivity contribution in [3.05, 3.63) is 53.6 Å². The zero-order chi connectivity index (χ0) is 24.9. The number of likely N-dealkylation sites (N-methyl/N-ethyl adjacent to an activating group) is 1. The number of nitrogens with zero attached hydrogens (tertiary/aromatic N) is 1. The van der Waals surface area contributed by atoms with Crippen molar-refractivity contribution in [2.24, 2.45) is 0 Å². The number of fused-ring (bicyclic) bond motifs is 2. The van der Waals surface area contributed by atoms with E-state index in [9.17, 15) is 14.4 Å². The number of amides is 3. The van der Waals surface area contributed by atoms with Crippen molar-refractivity contribution in [3.8, 4) is 11.5 Å². The summed E-state index contributed by atoms with van der Waals surface area (Å²) in [6, 6.07) is 12.4. The van der Waals surface area contributed by atoms with Crippen LogP contribution in [0, 0.1) is 0 Å². The van der Waals surface area contributed by atoms with Crippen LogP contribution >= 0.6 is 0 Å². The van der Waals surface area contributed by atoms with Gasteiger partial charge in [0, 0.05) is 26.2 Å². The zero-order valence-electron chi connectivity index (χ0n) is 20.2. The number of rotatable bonds is 6. The number of hydrogen-bond acceptors (Lipinski definition) is 6.